The third-order valence-corrected chi connectivity index (χ3v) is 5.75. The molecular formula is C16H21N3O4S. The molecule has 7 nitrogen and oxygen atoms in total. The van der Waals surface area contributed by atoms with Gasteiger partial charge in [0.2, 0.25) is 10.0 Å². The molecule has 2 N–H and O–H groups in total. The molecule has 8 heteroatoms. The predicted octanol–water partition coefficient (Wildman–Crippen LogP) is 0.931. The van der Waals surface area contributed by atoms with Gasteiger partial charge in [0.15, 0.2) is 0 Å². The summed E-state index contributed by atoms with van der Waals surface area (Å²) < 4.78 is 33.8. The van der Waals surface area contributed by atoms with Crippen molar-refractivity contribution in [1.82, 2.24) is 14.5 Å². The van der Waals surface area contributed by atoms with Crippen LogP contribution in [0.15, 0.2) is 35.5 Å². The first kappa shape index (κ1) is 16.9. The van der Waals surface area contributed by atoms with Gasteiger partial charge in [0.1, 0.15) is 16.2 Å². The molecule has 1 aliphatic rings. The van der Waals surface area contributed by atoms with Crippen LogP contribution < -0.4 is 9.46 Å². The Labute approximate surface area is 141 Å². The van der Waals surface area contributed by atoms with E-state index in [1.54, 1.807) is 20.2 Å². The number of nitrogens with one attached hydrogen (secondary N) is 1. The van der Waals surface area contributed by atoms with E-state index in [0.29, 0.717) is 6.42 Å². The minimum Gasteiger partial charge on any atom is -0.497 e. The van der Waals surface area contributed by atoms with Crippen molar-refractivity contribution in [2.75, 3.05) is 13.7 Å². The van der Waals surface area contributed by atoms with Gasteiger partial charge < -0.3 is 9.84 Å². The summed E-state index contributed by atoms with van der Waals surface area (Å²) in [5, 5.41) is 14.9. The summed E-state index contributed by atoms with van der Waals surface area (Å²) in [6.07, 6.45) is 4.83. The summed E-state index contributed by atoms with van der Waals surface area (Å²) in [6.45, 7) is -0.0798. The summed E-state index contributed by atoms with van der Waals surface area (Å²) in [6, 6.07) is 5.49. The number of sulfonamides is 1. The van der Waals surface area contributed by atoms with E-state index in [2.05, 4.69) is 9.82 Å². The van der Waals surface area contributed by atoms with E-state index in [4.69, 9.17) is 4.74 Å². The second-order valence-electron chi connectivity index (χ2n) is 6.08. The van der Waals surface area contributed by atoms with Crippen molar-refractivity contribution in [3.05, 3.63) is 41.7 Å². The largest absolute Gasteiger partial charge is 0.497 e. The van der Waals surface area contributed by atoms with Crippen LogP contribution in [-0.4, -0.2) is 37.0 Å². The van der Waals surface area contributed by atoms with Gasteiger partial charge >= 0.3 is 0 Å². The highest BCUT2D eigenvalue weighted by Gasteiger charge is 2.36. The number of hydrogen-bond acceptors (Lipinski definition) is 5. The van der Waals surface area contributed by atoms with E-state index in [-0.39, 0.29) is 11.4 Å². The molecule has 0 amide bonds. The van der Waals surface area contributed by atoms with Crippen LogP contribution in [0.3, 0.4) is 0 Å². The predicted molar refractivity (Wildman–Crippen MR) is 88.2 cm³/mol. The van der Waals surface area contributed by atoms with Crippen molar-refractivity contribution in [2.24, 2.45) is 7.05 Å². The fourth-order valence-electron chi connectivity index (χ4n) is 3.08. The van der Waals surface area contributed by atoms with Crippen molar-refractivity contribution in [1.29, 1.82) is 0 Å². The average Bonchev–Trinajstić information content (AvgIpc) is 3.00. The third-order valence-electron chi connectivity index (χ3n) is 4.40. The summed E-state index contributed by atoms with van der Waals surface area (Å²) in [4.78, 5) is 0.0827. The van der Waals surface area contributed by atoms with Crippen molar-refractivity contribution >= 4 is 10.0 Å². The number of benzene rings is 1. The lowest BCUT2D eigenvalue weighted by atomic mass is 9.79. The van der Waals surface area contributed by atoms with Crippen LogP contribution in [0.25, 0.3) is 0 Å². The Morgan fingerprint density at radius 3 is 2.92 bits per heavy atom. The molecule has 1 atom stereocenters. The minimum atomic E-state index is -3.71. The molecule has 0 unspecified atom stereocenters. The lowest BCUT2D eigenvalue weighted by molar-refractivity contribution is 0.0242. The number of hydrogen-bond donors (Lipinski definition) is 2. The number of aliphatic hydroxyl groups is 1. The molecule has 1 aromatic carbocycles. The highest BCUT2D eigenvalue weighted by molar-refractivity contribution is 7.89. The summed E-state index contributed by atoms with van der Waals surface area (Å²) in [5.41, 5.74) is 0.516. The first-order valence-corrected chi connectivity index (χ1v) is 9.20. The monoisotopic (exact) mass is 351 g/mol. The second kappa shape index (κ2) is 6.19. The van der Waals surface area contributed by atoms with E-state index in [1.165, 1.54) is 17.1 Å². The Balaban J connectivity index is 1.83. The maximum atomic E-state index is 12.3. The average molecular weight is 351 g/mol. The van der Waals surface area contributed by atoms with Gasteiger partial charge in [0.05, 0.1) is 13.3 Å². The molecule has 130 valence electrons. The molecule has 2 aromatic rings. The van der Waals surface area contributed by atoms with Gasteiger partial charge in [0.25, 0.3) is 0 Å². The Morgan fingerprint density at radius 2 is 2.25 bits per heavy atom. The van der Waals surface area contributed by atoms with E-state index >= 15 is 0 Å². The van der Waals surface area contributed by atoms with Gasteiger partial charge in [-0.15, -0.1) is 0 Å². The van der Waals surface area contributed by atoms with Crippen molar-refractivity contribution < 1.29 is 18.3 Å². The van der Waals surface area contributed by atoms with E-state index in [0.717, 1.165) is 29.7 Å². The van der Waals surface area contributed by atoms with Gasteiger partial charge in [-0.1, -0.05) is 6.07 Å². The zero-order valence-electron chi connectivity index (χ0n) is 13.7. The zero-order chi connectivity index (χ0) is 17.4. The van der Waals surface area contributed by atoms with Gasteiger partial charge in [-0.25, -0.2) is 13.1 Å². The number of aryl methyl sites for hydroxylation is 2. The van der Waals surface area contributed by atoms with E-state index in [9.17, 15) is 13.5 Å². The van der Waals surface area contributed by atoms with Crippen LogP contribution in [-0.2, 0) is 29.1 Å². The molecule has 0 saturated heterocycles. The molecule has 0 spiro atoms. The molecule has 0 aliphatic heterocycles. The molecule has 1 heterocycles. The zero-order valence-corrected chi connectivity index (χ0v) is 14.5. The van der Waals surface area contributed by atoms with Gasteiger partial charge in [-0.05, 0) is 42.5 Å². The molecule has 0 radical (unpaired) electrons. The van der Waals surface area contributed by atoms with Crippen molar-refractivity contribution in [2.45, 2.75) is 29.8 Å². The van der Waals surface area contributed by atoms with Crippen LogP contribution in [0, 0.1) is 0 Å². The SMILES string of the molecule is COc1ccc2c(c1)CCC[C@@]2(O)CNS(=O)(=O)c1cnn(C)c1. The maximum Gasteiger partial charge on any atom is 0.243 e. The lowest BCUT2D eigenvalue weighted by Gasteiger charge is -2.34. The topological polar surface area (TPSA) is 93.4 Å². The molecule has 1 aromatic heterocycles. The molecule has 1 aliphatic carbocycles. The lowest BCUT2D eigenvalue weighted by Crippen LogP contribution is -2.42. The highest BCUT2D eigenvalue weighted by atomic mass is 32.2. The molecule has 0 bridgehead atoms. The summed E-state index contributed by atoms with van der Waals surface area (Å²) >= 11 is 0. The summed E-state index contributed by atoms with van der Waals surface area (Å²) in [7, 11) is -0.464. The molecule has 3 rings (SSSR count). The van der Waals surface area contributed by atoms with Gasteiger partial charge in [-0.3, -0.25) is 4.68 Å². The number of aromatic nitrogens is 2. The molecule has 0 fully saturated rings. The van der Waals surface area contributed by atoms with E-state index in [1.807, 2.05) is 12.1 Å². The van der Waals surface area contributed by atoms with E-state index < -0.39 is 15.6 Å². The highest BCUT2D eigenvalue weighted by Crippen LogP contribution is 2.36. The Kier molecular flexibility index (Phi) is 4.37. The third kappa shape index (κ3) is 3.17. The number of methoxy groups -OCH3 is 1. The quantitative estimate of drug-likeness (QED) is 0.836. The van der Waals surface area contributed by atoms with Crippen molar-refractivity contribution in [3.63, 3.8) is 0 Å². The second-order valence-corrected chi connectivity index (χ2v) is 7.85. The van der Waals surface area contributed by atoms with Crippen LogP contribution in [0.1, 0.15) is 24.0 Å². The van der Waals surface area contributed by atoms with Crippen LogP contribution in [0.4, 0.5) is 0 Å². The van der Waals surface area contributed by atoms with Crippen LogP contribution >= 0.6 is 0 Å². The first-order valence-electron chi connectivity index (χ1n) is 7.72. The fourth-order valence-corrected chi connectivity index (χ4v) is 4.16. The summed E-state index contributed by atoms with van der Waals surface area (Å²) in [5.74, 6) is 0.731. The number of nitrogens with zero attached hydrogens (tertiary/aromatic N) is 2. The standard InChI is InChI=1S/C16H21N3O4S/c1-19-10-14(9-17-19)24(21,22)18-11-16(20)7-3-4-12-8-13(23-2)5-6-15(12)16/h5-6,8-10,18,20H,3-4,7,11H2,1-2H3/t16-/m1/s1. The smallest absolute Gasteiger partial charge is 0.243 e. The molecular weight excluding hydrogens is 330 g/mol. The number of ether oxygens (including phenoxy) is 1. The minimum absolute atomic E-state index is 0.0798. The molecule has 0 saturated carbocycles. The number of fused-ring (bicyclic) bond motifs is 1. The van der Waals surface area contributed by atoms with Gasteiger partial charge in [-0.2, -0.15) is 5.10 Å². The van der Waals surface area contributed by atoms with Crippen LogP contribution in [0.5, 0.6) is 5.75 Å². The Hall–Kier alpha value is -1.90. The van der Waals surface area contributed by atoms with Crippen molar-refractivity contribution in [3.8, 4) is 5.75 Å². The Bertz CT molecular complexity index is 847. The first-order chi connectivity index (χ1) is 11.3. The van der Waals surface area contributed by atoms with Gasteiger partial charge in [0, 0.05) is 19.8 Å². The maximum absolute atomic E-state index is 12.3. The molecule has 24 heavy (non-hydrogen) atoms. The fraction of sp³-hybridized carbons (Fsp3) is 0.438. The number of rotatable bonds is 5. The Morgan fingerprint density at radius 1 is 1.46 bits per heavy atom. The normalized spacial score (nSPS) is 20.6. The van der Waals surface area contributed by atoms with Crippen LogP contribution in [0.2, 0.25) is 0 Å².